The average molecular weight is 717 g/mol. The summed E-state index contributed by atoms with van der Waals surface area (Å²) in [5, 5.41) is 4.97. The molecule has 0 aromatic heterocycles. The summed E-state index contributed by atoms with van der Waals surface area (Å²) in [4.78, 5) is 0. The fourth-order valence-corrected chi connectivity index (χ4v) is 8.62. The fraction of sp³-hybridized carbons (Fsp3) is 0.0714. The number of benzene rings is 8. The second-order valence-electron chi connectivity index (χ2n) is 14.8. The lowest BCUT2D eigenvalue weighted by atomic mass is 9.78. The normalized spacial score (nSPS) is 13.9. The van der Waals surface area contributed by atoms with Crippen molar-refractivity contribution in [3.05, 3.63) is 216 Å². The van der Waals surface area contributed by atoms with Gasteiger partial charge in [0.2, 0.25) is 0 Å². The molecule has 8 aromatic rings. The van der Waals surface area contributed by atoms with Crippen molar-refractivity contribution < 1.29 is 0 Å². The Hall–Kier alpha value is -6.76. The quantitative estimate of drug-likeness (QED) is 0.147. The topological polar surface area (TPSA) is 0 Å². The summed E-state index contributed by atoms with van der Waals surface area (Å²) in [6.45, 7) is 8.29. The molecule has 0 saturated carbocycles. The third kappa shape index (κ3) is 6.54. The monoisotopic (exact) mass is 716 g/mol. The van der Waals surface area contributed by atoms with Gasteiger partial charge in [-0.2, -0.15) is 0 Å². The van der Waals surface area contributed by atoms with Crippen molar-refractivity contribution in [2.75, 3.05) is 0 Å². The van der Waals surface area contributed by atoms with Crippen LogP contribution in [0.1, 0.15) is 53.1 Å². The van der Waals surface area contributed by atoms with Crippen LogP contribution in [0.3, 0.4) is 0 Å². The molecule has 0 heteroatoms. The summed E-state index contributed by atoms with van der Waals surface area (Å²) in [5.74, 6) is 0.342. The fourth-order valence-electron chi connectivity index (χ4n) is 8.62. The van der Waals surface area contributed by atoms with Crippen LogP contribution in [0.5, 0.6) is 0 Å². The van der Waals surface area contributed by atoms with Gasteiger partial charge in [0.1, 0.15) is 0 Å². The van der Waals surface area contributed by atoms with Crippen LogP contribution in [-0.4, -0.2) is 0 Å². The second-order valence-corrected chi connectivity index (χ2v) is 14.8. The van der Waals surface area contributed by atoms with Gasteiger partial charge in [-0.15, -0.1) is 0 Å². The largest absolute Gasteiger partial charge is 0.0984 e. The second kappa shape index (κ2) is 15.2. The van der Waals surface area contributed by atoms with Crippen LogP contribution in [0.15, 0.2) is 183 Å². The van der Waals surface area contributed by atoms with E-state index in [1.807, 2.05) is 6.08 Å². The van der Waals surface area contributed by atoms with Crippen LogP contribution >= 0.6 is 0 Å². The molecule has 1 unspecified atom stereocenters. The van der Waals surface area contributed by atoms with Crippen LogP contribution in [0, 0.1) is 0 Å². The summed E-state index contributed by atoms with van der Waals surface area (Å²) in [6, 6.07) is 58.2. The number of allylic oxidation sites excluding steroid dienone is 3. The Labute approximate surface area is 331 Å². The highest BCUT2D eigenvalue weighted by atomic mass is 14.3. The van der Waals surface area contributed by atoms with Crippen molar-refractivity contribution in [3.63, 3.8) is 0 Å². The van der Waals surface area contributed by atoms with Gasteiger partial charge in [-0.25, -0.2) is 0 Å². The summed E-state index contributed by atoms with van der Waals surface area (Å²) >= 11 is 0. The molecule has 1 aliphatic rings. The van der Waals surface area contributed by atoms with Gasteiger partial charge < -0.3 is 0 Å². The zero-order valence-corrected chi connectivity index (χ0v) is 32.0. The molecule has 0 amide bonds. The van der Waals surface area contributed by atoms with Gasteiger partial charge in [0.15, 0.2) is 0 Å². The van der Waals surface area contributed by atoms with E-state index in [0.29, 0.717) is 5.92 Å². The van der Waals surface area contributed by atoms with Crippen LogP contribution in [0.25, 0.3) is 90.4 Å². The molecule has 0 fully saturated rings. The van der Waals surface area contributed by atoms with E-state index < -0.39 is 0 Å². The Kier molecular flexibility index (Phi) is 9.47. The summed E-state index contributed by atoms with van der Waals surface area (Å²) in [7, 11) is 0. The Balaban J connectivity index is 0.978. The number of rotatable bonds is 8. The van der Waals surface area contributed by atoms with E-state index in [4.69, 9.17) is 0 Å². The Bertz CT molecular complexity index is 2860. The molecular weight excluding hydrogens is 673 g/mol. The van der Waals surface area contributed by atoms with Crippen molar-refractivity contribution in [1.29, 1.82) is 0 Å². The van der Waals surface area contributed by atoms with Crippen LogP contribution in [0.2, 0.25) is 0 Å². The maximum atomic E-state index is 4.12. The number of hydrogen-bond donors (Lipinski definition) is 0. The maximum absolute atomic E-state index is 4.12. The Morgan fingerprint density at radius 2 is 1.07 bits per heavy atom. The first kappa shape index (κ1) is 35.0. The first-order chi connectivity index (χ1) is 27.6. The van der Waals surface area contributed by atoms with Crippen molar-refractivity contribution >= 4 is 45.8 Å². The number of fused-ring (bicyclic) bond motifs is 5. The third-order valence-corrected chi connectivity index (χ3v) is 11.4. The highest BCUT2D eigenvalue weighted by molar-refractivity contribution is 6.04. The minimum absolute atomic E-state index is 0.342. The van der Waals surface area contributed by atoms with Gasteiger partial charge >= 0.3 is 0 Å². The molecule has 0 bridgehead atoms. The van der Waals surface area contributed by atoms with Gasteiger partial charge in [0.05, 0.1) is 0 Å². The first-order valence-corrected chi connectivity index (χ1v) is 19.7. The number of hydrogen-bond acceptors (Lipinski definition) is 0. The predicted molar refractivity (Wildman–Crippen MR) is 245 cm³/mol. The van der Waals surface area contributed by atoms with Gasteiger partial charge in [0, 0.05) is 5.92 Å². The molecule has 0 N–H and O–H groups in total. The van der Waals surface area contributed by atoms with Crippen LogP contribution in [0.4, 0.5) is 0 Å². The molecule has 268 valence electrons. The SMILES string of the molecule is C=Cc1cc(-c2ccc(-c3ccc4cc(-c5ccc(/C=C/C6Cc7ccccc7-c7ccccc76)c(/C=C\C)c5)ccc4c3)cc2)c2ccccc2c1/C=C\C. The standard InChI is InChI=1S/C56H44/c1-4-13-42-33-44(27-23-39(42)24-32-49-36-48-15-7-8-16-51(48)53-18-10-9-17-52(49)53)47-31-30-45-34-43(28-29-46(45)35-47)40-21-25-41(26-22-40)56-37-38(6-3)50(14-5-2)54-19-11-12-20-55(54)56/h4-35,37,49H,3,36H2,1-2H3/b13-4-,14-5-,32-24+. The maximum Gasteiger partial charge on any atom is 0.00680 e. The average Bonchev–Trinajstić information content (AvgIpc) is 3.26. The van der Waals surface area contributed by atoms with Crippen molar-refractivity contribution in [2.24, 2.45) is 0 Å². The molecule has 8 aromatic carbocycles. The predicted octanol–water partition coefficient (Wildman–Crippen LogP) is 15.7. The molecule has 9 rings (SSSR count). The molecule has 0 spiro atoms. The van der Waals surface area contributed by atoms with Crippen molar-refractivity contribution in [1.82, 2.24) is 0 Å². The summed E-state index contributed by atoms with van der Waals surface area (Å²) in [6.07, 6.45) is 16.4. The van der Waals surface area contributed by atoms with Crippen LogP contribution < -0.4 is 0 Å². The minimum Gasteiger partial charge on any atom is -0.0984 e. The highest BCUT2D eigenvalue weighted by Gasteiger charge is 2.22. The molecule has 0 saturated heterocycles. The van der Waals surface area contributed by atoms with E-state index in [0.717, 1.165) is 12.0 Å². The van der Waals surface area contributed by atoms with Crippen LogP contribution in [-0.2, 0) is 6.42 Å². The molecule has 0 heterocycles. The molecule has 0 aliphatic heterocycles. The molecule has 1 atom stereocenters. The van der Waals surface area contributed by atoms with Gasteiger partial charge in [-0.05, 0) is 144 Å². The zero-order valence-electron chi connectivity index (χ0n) is 32.0. The highest BCUT2D eigenvalue weighted by Crippen LogP contribution is 2.41. The molecule has 1 aliphatic carbocycles. The smallest absolute Gasteiger partial charge is 0.00680 e. The van der Waals surface area contributed by atoms with E-state index in [2.05, 4.69) is 215 Å². The molecule has 0 nitrogen and oxygen atoms in total. The third-order valence-electron chi connectivity index (χ3n) is 11.4. The Morgan fingerprint density at radius 3 is 1.82 bits per heavy atom. The van der Waals surface area contributed by atoms with Gasteiger partial charge in [-0.3, -0.25) is 0 Å². The summed E-state index contributed by atoms with van der Waals surface area (Å²) in [5.41, 5.74) is 17.7. The molecule has 56 heavy (non-hydrogen) atoms. The van der Waals surface area contributed by atoms with Gasteiger partial charge in [-0.1, -0.05) is 183 Å². The van der Waals surface area contributed by atoms with E-state index in [1.165, 1.54) is 93.9 Å². The van der Waals surface area contributed by atoms with E-state index >= 15 is 0 Å². The lowest BCUT2D eigenvalue weighted by molar-refractivity contribution is 0.826. The van der Waals surface area contributed by atoms with Crippen molar-refractivity contribution in [3.8, 4) is 44.5 Å². The van der Waals surface area contributed by atoms with E-state index in [9.17, 15) is 0 Å². The van der Waals surface area contributed by atoms with Crippen molar-refractivity contribution in [2.45, 2.75) is 26.2 Å². The lowest BCUT2D eigenvalue weighted by Gasteiger charge is -2.26. The molecule has 0 radical (unpaired) electrons. The van der Waals surface area contributed by atoms with Gasteiger partial charge in [0.25, 0.3) is 0 Å². The minimum atomic E-state index is 0.342. The Morgan fingerprint density at radius 1 is 0.464 bits per heavy atom. The zero-order chi connectivity index (χ0) is 38.0. The van der Waals surface area contributed by atoms with E-state index in [-0.39, 0.29) is 0 Å². The lowest BCUT2D eigenvalue weighted by Crippen LogP contribution is -2.09. The summed E-state index contributed by atoms with van der Waals surface area (Å²) < 4.78 is 0. The first-order valence-electron chi connectivity index (χ1n) is 19.7. The van der Waals surface area contributed by atoms with E-state index in [1.54, 1.807) is 0 Å². The molecular formula is C56H44.